The van der Waals surface area contributed by atoms with E-state index < -0.39 is 0 Å². The lowest BCUT2D eigenvalue weighted by Crippen LogP contribution is -2.25. The second-order valence-corrected chi connectivity index (χ2v) is 7.85. The first-order valence-corrected chi connectivity index (χ1v) is 9.79. The third kappa shape index (κ3) is 2.92. The SMILES string of the molecule is C=C1C[C@@H](c2nc3c(C)c(C)ccc3[nH]2)N(c2cc(C)c[c]c2-n2nccn2)C1. The second-order valence-electron chi connectivity index (χ2n) is 7.85. The molecule has 0 spiro atoms. The van der Waals surface area contributed by atoms with Gasteiger partial charge in [0.1, 0.15) is 11.5 Å². The number of hydrogen-bond donors (Lipinski definition) is 1. The van der Waals surface area contributed by atoms with Crippen molar-refractivity contribution in [2.24, 2.45) is 0 Å². The highest BCUT2D eigenvalue weighted by Gasteiger charge is 2.33. The Bertz CT molecular complexity index is 1220. The van der Waals surface area contributed by atoms with E-state index >= 15 is 0 Å². The molecule has 2 aromatic carbocycles. The average molecular weight is 383 g/mol. The van der Waals surface area contributed by atoms with E-state index in [9.17, 15) is 0 Å². The van der Waals surface area contributed by atoms with Crippen LogP contribution in [0.4, 0.5) is 5.69 Å². The number of hydrogen-bond acceptors (Lipinski definition) is 4. The third-order valence-corrected chi connectivity index (χ3v) is 5.74. The fourth-order valence-corrected chi connectivity index (χ4v) is 4.08. The van der Waals surface area contributed by atoms with Crippen molar-refractivity contribution in [1.29, 1.82) is 0 Å². The van der Waals surface area contributed by atoms with E-state index in [0.717, 1.165) is 46.8 Å². The molecule has 1 radical (unpaired) electrons. The zero-order chi connectivity index (χ0) is 20.1. The molecule has 0 amide bonds. The van der Waals surface area contributed by atoms with Crippen LogP contribution in [0.25, 0.3) is 16.7 Å². The lowest BCUT2D eigenvalue weighted by Gasteiger charge is -2.27. The molecule has 4 aromatic rings. The van der Waals surface area contributed by atoms with Gasteiger partial charge in [0.05, 0.1) is 35.2 Å². The summed E-state index contributed by atoms with van der Waals surface area (Å²) in [5, 5.41) is 8.65. The van der Waals surface area contributed by atoms with Gasteiger partial charge in [-0.2, -0.15) is 10.2 Å². The number of rotatable bonds is 3. The van der Waals surface area contributed by atoms with Crippen molar-refractivity contribution in [2.45, 2.75) is 33.2 Å². The number of anilines is 1. The molecule has 2 aromatic heterocycles. The molecule has 1 N–H and O–H groups in total. The molecule has 1 saturated heterocycles. The van der Waals surface area contributed by atoms with Gasteiger partial charge >= 0.3 is 0 Å². The maximum Gasteiger partial charge on any atom is 0.130 e. The van der Waals surface area contributed by atoms with E-state index in [2.05, 4.69) is 71.7 Å². The van der Waals surface area contributed by atoms with Crippen LogP contribution in [0, 0.1) is 26.8 Å². The maximum atomic E-state index is 4.99. The van der Waals surface area contributed by atoms with Gasteiger partial charge in [0.15, 0.2) is 0 Å². The van der Waals surface area contributed by atoms with Gasteiger partial charge in [-0.25, -0.2) is 4.98 Å². The fourth-order valence-electron chi connectivity index (χ4n) is 4.08. The molecule has 1 atom stereocenters. The topological polar surface area (TPSA) is 62.6 Å². The molecule has 0 saturated carbocycles. The smallest absolute Gasteiger partial charge is 0.130 e. The van der Waals surface area contributed by atoms with E-state index in [4.69, 9.17) is 4.98 Å². The van der Waals surface area contributed by atoms with E-state index in [1.807, 2.05) is 6.07 Å². The Morgan fingerprint density at radius 1 is 1.17 bits per heavy atom. The van der Waals surface area contributed by atoms with Crippen LogP contribution in [0.3, 0.4) is 0 Å². The molecule has 0 bridgehead atoms. The molecule has 1 aliphatic heterocycles. The summed E-state index contributed by atoms with van der Waals surface area (Å²) < 4.78 is 0. The minimum Gasteiger partial charge on any atom is -0.355 e. The third-order valence-electron chi connectivity index (χ3n) is 5.74. The monoisotopic (exact) mass is 383 g/mol. The Labute approximate surface area is 169 Å². The van der Waals surface area contributed by atoms with Crippen molar-refractivity contribution in [2.75, 3.05) is 11.4 Å². The quantitative estimate of drug-likeness (QED) is 0.534. The van der Waals surface area contributed by atoms with Gasteiger partial charge in [-0.3, -0.25) is 0 Å². The molecule has 6 nitrogen and oxygen atoms in total. The average Bonchev–Trinajstić information content (AvgIpc) is 3.44. The first-order valence-electron chi connectivity index (χ1n) is 9.79. The fraction of sp³-hybridized carbons (Fsp3) is 0.261. The van der Waals surface area contributed by atoms with Crippen LogP contribution in [0.5, 0.6) is 0 Å². The first-order chi connectivity index (χ1) is 14.0. The van der Waals surface area contributed by atoms with Crippen molar-refractivity contribution in [3.05, 3.63) is 77.4 Å². The summed E-state index contributed by atoms with van der Waals surface area (Å²) in [5.41, 5.74) is 8.80. The van der Waals surface area contributed by atoms with Gasteiger partial charge in [0.2, 0.25) is 0 Å². The molecule has 145 valence electrons. The van der Waals surface area contributed by atoms with Crippen LogP contribution in [-0.4, -0.2) is 31.5 Å². The summed E-state index contributed by atoms with van der Waals surface area (Å²) >= 11 is 0. The van der Waals surface area contributed by atoms with E-state index in [1.54, 1.807) is 17.2 Å². The van der Waals surface area contributed by atoms with Gasteiger partial charge < -0.3 is 9.88 Å². The molecule has 1 fully saturated rings. The van der Waals surface area contributed by atoms with E-state index in [1.165, 1.54) is 16.7 Å². The molecule has 6 heteroatoms. The number of aromatic amines is 1. The summed E-state index contributed by atoms with van der Waals surface area (Å²) in [6, 6.07) is 11.8. The van der Waals surface area contributed by atoms with Gasteiger partial charge in [0, 0.05) is 12.6 Å². The Kier molecular flexibility index (Phi) is 4.01. The summed E-state index contributed by atoms with van der Waals surface area (Å²) in [5.74, 6) is 0.966. The van der Waals surface area contributed by atoms with Crippen molar-refractivity contribution < 1.29 is 0 Å². The molecule has 29 heavy (non-hydrogen) atoms. The van der Waals surface area contributed by atoms with Gasteiger partial charge in [0.25, 0.3) is 0 Å². The van der Waals surface area contributed by atoms with E-state index in [-0.39, 0.29) is 6.04 Å². The van der Waals surface area contributed by atoms with Crippen molar-refractivity contribution in [1.82, 2.24) is 25.0 Å². The number of nitrogens with one attached hydrogen (secondary N) is 1. The normalized spacial score (nSPS) is 16.9. The van der Waals surface area contributed by atoms with Crippen molar-refractivity contribution in [3.63, 3.8) is 0 Å². The Hall–Kier alpha value is -3.41. The number of aryl methyl sites for hydroxylation is 3. The summed E-state index contributed by atoms with van der Waals surface area (Å²) in [6.07, 6.45) is 4.22. The van der Waals surface area contributed by atoms with Crippen molar-refractivity contribution >= 4 is 16.7 Å². The minimum atomic E-state index is 0.0825. The van der Waals surface area contributed by atoms with Crippen LogP contribution < -0.4 is 4.90 Å². The first kappa shape index (κ1) is 17.7. The highest BCUT2D eigenvalue weighted by Crippen LogP contribution is 2.40. The number of benzene rings is 2. The molecular weight excluding hydrogens is 360 g/mol. The Morgan fingerprint density at radius 3 is 2.76 bits per heavy atom. The zero-order valence-electron chi connectivity index (χ0n) is 16.9. The summed E-state index contributed by atoms with van der Waals surface area (Å²) in [4.78, 5) is 12.5. The lowest BCUT2D eigenvalue weighted by atomic mass is 10.1. The largest absolute Gasteiger partial charge is 0.355 e. The summed E-state index contributed by atoms with van der Waals surface area (Å²) in [7, 11) is 0. The van der Waals surface area contributed by atoms with Gasteiger partial charge in [-0.15, -0.1) is 4.80 Å². The molecule has 0 unspecified atom stereocenters. The van der Waals surface area contributed by atoms with Crippen LogP contribution in [-0.2, 0) is 0 Å². The minimum absolute atomic E-state index is 0.0825. The predicted molar refractivity (Wildman–Crippen MR) is 114 cm³/mol. The molecule has 5 rings (SSSR count). The molecule has 0 aliphatic carbocycles. The number of imidazole rings is 1. The summed E-state index contributed by atoms with van der Waals surface area (Å²) in [6.45, 7) is 11.4. The number of H-pyrrole nitrogens is 1. The van der Waals surface area contributed by atoms with Gasteiger partial charge in [-0.05, 0) is 62.1 Å². The number of fused-ring (bicyclic) bond motifs is 1. The predicted octanol–water partition coefficient (Wildman–Crippen LogP) is 4.38. The highest BCUT2D eigenvalue weighted by molar-refractivity contribution is 5.80. The zero-order valence-corrected chi connectivity index (χ0v) is 16.9. The Morgan fingerprint density at radius 2 is 1.97 bits per heavy atom. The Balaban J connectivity index is 1.64. The van der Waals surface area contributed by atoms with Crippen LogP contribution in [0.2, 0.25) is 0 Å². The second kappa shape index (κ2) is 6.58. The maximum absolute atomic E-state index is 4.99. The highest BCUT2D eigenvalue weighted by atomic mass is 15.5. The molecular formula is C23H23N6. The van der Waals surface area contributed by atoms with E-state index in [0.29, 0.717) is 0 Å². The number of nitrogens with zero attached hydrogens (tertiary/aromatic N) is 5. The standard InChI is InChI=1S/C23H23N6/c1-14-5-8-19(29-24-9-10-25-29)20(11-14)28-13-15(2)12-21(28)23-26-18-7-6-16(3)17(4)22(18)27-23/h5-7,9-11,21H,2,12-13H2,1,3-4H3,(H,26,27)/t21-/m0/s1. The van der Waals surface area contributed by atoms with Crippen LogP contribution in [0.15, 0.2) is 48.8 Å². The number of aromatic nitrogens is 5. The molecule has 1 aliphatic rings. The van der Waals surface area contributed by atoms with Crippen LogP contribution >= 0.6 is 0 Å². The molecule has 3 heterocycles. The lowest BCUT2D eigenvalue weighted by molar-refractivity contribution is 0.678. The van der Waals surface area contributed by atoms with Crippen molar-refractivity contribution in [3.8, 4) is 5.69 Å². The van der Waals surface area contributed by atoms with Gasteiger partial charge in [-0.1, -0.05) is 18.2 Å². The van der Waals surface area contributed by atoms with Crippen LogP contribution in [0.1, 0.15) is 35.0 Å².